The second kappa shape index (κ2) is 11.2. The molecule has 2 aromatic rings. The van der Waals surface area contributed by atoms with Crippen LogP contribution < -0.4 is 15.5 Å². The number of nitriles is 1. The summed E-state index contributed by atoms with van der Waals surface area (Å²) in [5.74, 6) is -0.353. The van der Waals surface area contributed by atoms with E-state index in [1.165, 1.54) is 35.9 Å². The Hall–Kier alpha value is -3.30. The van der Waals surface area contributed by atoms with Crippen LogP contribution in [0.2, 0.25) is 0 Å². The van der Waals surface area contributed by atoms with Crippen molar-refractivity contribution in [3.8, 4) is 6.07 Å². The van der Waals surface area contributed by atoms with Crippen molar-refractivity contribution >= 4 is 17.3 Å². The molecule has 1 heterocycles. The average Bonchev–Trinajstić information content (AvgIpc) is 2.88. The third-order valence-corrected chi connectivity index (χ3v) is 6.97. The molecule has 6 nitrogen and oxygen atoms in total. The summed E-state index contributed by atoms with van der Waals surface area (Å²) >= 11 is 0. The minimum atomic E-state index is -0.353. The van der Waals surface area contributed by atoms with Crippen molar-refractivity contribution in [2.75, 3.05) is 43.4 Å². The van der Waals surface area contributed by atoms with E-state index in [9.17, 15) is 10.1 Å². The lowest BCUT2D eigenvalue weighted by molar-refractivity contribution is -0.117. The van der Waals surface area contributed by atoms with Crippen LogP contribution in [0.1, 0.15) is 48.9 Å². The standard InChI is InChI=1S/C28H35N5O/c1-3-27(23-9-8-21-6-4-5-7-22(21)18-23)31-28(34)24(19-29)20-30-25-10-12-26(13-11-25)33-16-14-32(2)15-17-33/h8-13,18,20,27,30H,3-7,14-17H2,1-2H3,(H,31,34)/b24-20-. The molecule has 0 saturated carbocycles. The molecule has 0 bridgehead atoms. The van der Waals surface area contributed by atoms with Gasteiger partial charge in [-0.05, 0) is 80.1 Å². The van der Waals surface area contributed by atoms with Crippen molar-refractivity contribution in [3.63, 3.8) is 0 Å². The van der Waals surface area contributed by atoms with E-state index in [-0.39, 0.29) is 17.5 Å². The second-order valence-corrected chi connectivity index (χ2v) is 9.32. The SMILES string of the molecule is CCC(NC(=O)/C(C#N)=C\Nc1ccc(N2CCN(C)CC2)cc1)c1ccc2c(c1)CCCC2. The van der Waals surface area contributed by atoms with Crippen molar-refractivity contribution < 1.29 is 4.79 Å². The maximum Gasteiger partial charge on any atom is 0.263 e. The fourth-order valence-corrected chi connectivity index (χ4v) is 4.76. The van der Waals surface area contributed by atoms with Gasteiger partial charge in [0.1, 0.15) is 11.6 Å². The highest BCUT2D eigenvalue weighted by Gasteiger charge is 2.18. The van der Waals surface area contributed by atoms with E-state index in [0.29, 0.717) is 0 Å². The summed E-state index contributed by atoms with van der Waals surface area (Å²) in [6.45, 7) is 6.22. The highest BCUT2D eigenvalue weighted by molar-refractivity contribution is 5.97. The van der Waals surface area contributed by atoms with Crippen molar-refractivity contribution in [1.82, 2.24) is 10.2 Å². The van der Waals surface area contributed by atoms with E-state index in [0.717, 1.165) is 56.7 Å². The molecule has 6 heteroatoms. The van der Waals surface area contributed by atoms with Crippen LogP contribution in [0.5, 0.6) is 0 Å². The van der Waals surface area contributed by atoms with E-state index in [1.54, 1.807) is 0 Å². The number of anilines is 2. The monoisotopic (exact) mass is 457 g/mol. The zero-order valence-corrected chi connectivity index (χ0v) is 20.3. The normalized spacial score (nSPS) is 17.4. The number of aryl methyl sites for hydroxylation is 2. The fraction of sp³-hybridized carbons (Fsp3) is 0.429. The molecule has 1 amide bonds. The Morgan fingerprint density at radius 1 is 1.06 bits per heavy atom. The quantitative estimate of drug-likeness (QED) is 0.476. The molecule has 0 aromatic heterocycles. The Morgan fingerprint density at radius 3 is 2.44 bits per heavy atom. The molecule has 1 saturated heterocycles. The predicted octanol–water partition coefficient (Wildman–Crippen LogP) is 4.40. The molecule has 0 spiro atoms. The number of carbonyl (C=O) groups excluding carboxylic acids is 1. The number of carbonyl (C=O) groups is 1. The van der Waals surface area contributed by atoms with Crippen LogP contribution in [0.3, 0.4) is 0 Å². The Bertz CT molecular complexity index is 1060. The van der Waals surface area contributed by atoms with Gasteiger partial charge in [-0.1, -0.05) is 25.1 Å². The molecule has 2 aromatic carbocycles. The summed E-state index contributed by atoms with van der Waals surface area (Å²) in [4.78, 5) is 17.6. The minimum Gasteiger partial charge on any atom is -0.369 e. The van der Waals surface area contributed by atoms with Crippen molar-refractivity contribution in [3.05, 3.63) is 70.9 Å². The Balaban J connectivity index is 1.38. The van der Waals surface area contributed by atoms with Crippen LogP contribution in [-0.2, 0) is 17.6 Å². The molecule has 1 atom stereocenters. The molecule has 178 valence electrons. The molecule has 1 unspecified atom stereocenters. The van der Waals surface area contributed by atoms with Crippen molar-refractivity contribution in [1.29, 1.82) is 5.26 Å². The van der Waals surface area contributed by atoms with Gasteiger partial charge in [-0.2, -0.15) is 5.26 Å². The zero-order chi connectivity index (χ0) is 23.9. The first kappa shape index (κ1) is 23.8. The lowest BCUT2D eigenvalue weighted by Crippen LogP contribution is -2.44. The lowest BCUT2D eigenvalue weighted by Gasteiger charge is -2.34. The van der Waals surface area contributed by atoms with Crippen molar-refractivity contribution in [2.24, 2.45) is 0 Å². The van der Waals surface area contributed by atoms with Crippen LogP contribution in [0.15, 0.2) is 54.2 Å². The van der Waals surface area contributed by atoms with Crippen LogP contribution >= 0.6 is 0 Å². The number of piperazine rings is 1. The molecule has 2 aliphatic rings. The van der Waals surface area contributed by atoms with Gasteiger partial charge in [0, 0.05) is 43.8 Å². The lowest BCUT2D eigenvalue weighted by atomic mass is 9.88. The summed E-state index contributed by atoms with van der Waals surface area (Å²) < 4.78 is 0. The van der Waals surface area contributed by atoms with Crippen LogP contribution in [0.4, 0.5) is 11.4 Å². The van der Waals surface area contributed by atoms with Crippen LogP contribution in [0.25, 0.3) is 0 Å². The number of hydrogen-bond donors (Lipinski definition) is 2. The zero-order valence-electron chi connectivity index (χ0n) is 20.3. The van der Waals surface area contributed by atoms with Crippen LogP contribution in [0, 0.1) is 11.3 Å². The molecule has 0 radical (unpaired) electrons. The number of rotatable bonds is 7. The maximum absolute atomic E-state index is 12.9. The van der Waals surface area contributed by atoms with Gasteiger partial charge in [-0.3, -0.25) is 4.79 Å². The summed E-state index contributed by atoms with van der Waals surface area (Å²) in [6.07, 6.45) is 6.99. The molecule has 34 heavy (non-hydrogen) atoms. The first-order valence-corrected chi connectivity index (χ1v) is 12.4. The molecule has 1 aliphatic carbocycles. The Kier molecular flexibility index (Phi) is 7.87. The number of nitrogens with zero attached hydrogens (tertiary/aromatic N) is 3. The van der Waals surface area contributed by atoms with Gasteiger partial charge in [0.25, 0.3) is 5.91 Å². The first-order chi connectivity index (χ1) is 16.6. The third-order valence-electron chi connectivity index (χ3n) is 6.97. The Labute approximate surface area is 203 Å². The third kappa shape index (κ3) is 5.78. The number of nitrogens with one attached hydrogen (secondary N) is 2. The molecule has 4 rings (SSSR count). The smallest absolute Gasteiger partial charge is 0.263 e. The molecule has 1 aliphatic heterocycles. The van der Waals surface area contributed by atoms with E-state index < -0.39 is 0 Å². The van der Waals surface area contributed by atoms with E-state index in [4.69, 9.17) is 0 Å². The number of fused-ring (bicyclic) bond motifs is 1. The van der Waals surface area contributed by atoms with Crippen LogP contribution in [-0.4, -0.2) is 44.0 Å². The molecular weight excluding hydrogens is 422 g/mol. The average molecular weight is 458 g/mol. The second-order valence-electron chi connectivity index (χ2n) is 9.32. The fourth-order valence-electron chi connectivity index (χ4n) is 4.76. The highest BCUT2D eigenvalue weighted by Crippen LogP contribution is 2.26. The Morgan fingerprint density at radius 2 is 1.76 bits per heavy atom. The summed E-state index contributed by atoms with van der Waals surface area (Å²) in [6, 6.07) is 16.6. The van der Waals surface area contributed by atoms with Gasteiger partial charge in [0.15, 0.2) is 0 Å². The minimum absolute atomic E-state index is 0.0690. The predicted molar refractivity (Wildman–Crippen MR) is 138 cm³/mol. The van der Waals surface area contributed by atoms with Gasteiger partial charge in [-0.25, -0.2) is 0 Å². The van der Waals surface area contributed by atoms with E-state index >= 15 is 0 Å². The van der Waals surface area contributed by atoms with Gasteiger partial charge in [0.2, 0.25) is 0 Å². The first-order valence-electron chi connectivity index (χ1n) is 12.4. The molecular formula is C28H35N5O. The topological polar surface area (TPSA) is 71.4 Å². The molecule has 2 N–H and O–H groups in total. The maximum atomic E-state index is 12.9. The van der Waals surface area contributed by atoms with E-state index in [2.05, 4.69) is 64.7 Å². The number of benzene rings is 2. The molecule has 1 fully saturated rings. The summed E-state index contributed by atoms with van der Waals surface area (Å²) in [5.41, 5.74) is 6.04. The van der Waals surface area contributed by atoms with Gasteiger partial charge >= 0.3 is 0 Å². The highest BCUT2D eigenvalue weighted by atomic mass is 16.1. The largest absolute Gasteiger partial charge is 0.369 e. The number of likely N-dealkylation sites (N-methyl/N-ethyl adjacent to an activating group) is 1. The number of amides is 1. The van der Waals surface area contributed by atoms with Gasteiger partial charge < -0.3 is 20.4 Å². The van der Waals surface area contributed by atoms with Gasteiger partial charge in [-0.15, -0.1) is 0 Å². The van der Waals surface area contributed by atoms with E-state index in [1.807, 2.05) is 18.2 Å². The number of hydrogen-bond acceptors (Lipinski definition) is 5. The summed E-state index contributed by atoms with van der Waals surface area (Å²) in [7, 11) is 2.15. The van der Waals surface area contributed by atoms with Gasteiger partial charge in [0.05, 0.1) is 6.04 Å². The summed E-state index contributed by atoms with van der Waals surface area (Å²) in [5, 5.41) is 15.8. The van der Waals surface area contributed by atoms with Crippen molar-refractivity contribution in [2.45, 2.75) is 45.1 Å².